The SMILES string of the molecule is CCOC(=O)/C=C(\O/N=C(\N)C1(OCCO)CCN(CC)CC1)C(=O)OCC. The smallest absolute Gasteiger partial charge is 0.377 e. The van der Waals surface area contributed by atoms with Crippen LogP contribution in [0.1, 0.15) is 33.6 Å². The van der Waals surface area contributed by atoms with Gasteiger partial charge in [-0.2, -0.15) is 0 Å². The Morgan fingerprint density at radius 2 is 1.82 bits per heavy atom. The van der Waals surface area contributed by atoms with Crippen molar-refractivity contribution in [3.8, 4) is 0 Å². The lowest BCUT2D eigenvalue weighted by atomic mass is 9.90. The second-order valence-corrected chi connectivity index (χ2v) is 6.05. The Labute approximate surface area is 165 Å². The minimum Gasteiger partial charge on any atom is -0.463 e. The van der Waals surface area contributed by atoms with Crippen molar-refractivity contribution in [2.24, 2.45) is 10.9 Å². The van der Waals surface area contributed by atoms with Crippen molar-refractivity contribution >= 4 is 17.8 Å². The van der Waals surface area contributed by atoms with E-state index in [-0.39, 0.29) is 32.3 Å². The monoisotopic (exact) mass is 401 g/mol. The van der Waals surface area contributed by atoms with E-state index in [1.807, 2.05) is 0 Å². The first-order chi connectivity index (χ1) is 13.4. The number of hydrogen-bond donors (Lipinski definition) is 2. The van der Waals surface area contributed by atoms with Gasteiger partial charge in [-0.15, -0.1) is 0 Å². The summed E-state index contributed by atoms with van der Waals surface area (Å²) < 4.78 is 15.4. The molecule has 1 aliphatic rings. The molecule has 0 unspecified atom stereocenters. The molecule has 1 saturated heterocycles. The first kappa shape index (κ1) is 23.9. The van der Waals surface area contributed by atoms with E-state index in [1.54, 1.807) is 13.8 Å². The lowest BCUT2D eigenvalue weighted by Gasteiger charge is -2.40. The van der Waals surface area contributed by atoms with E-state index < -0.39 is 23.3 Å². The molecule has 0 aromatic carbocycles. The van der Waals surface area contributed by atoms with Crippen LogP contribution in [0, 0.1) is 0 Å². The van der Waals surface area contributed by atoms with Crippen molar-refractivity contribution in [3.63, 3.8) is 0 Å². The Balaban J connectivity index is 3.00. The highest BCUT2D eigenvalue weighted by Gasteiger charge is 2.40. The van der Waals surface area contributed by atoms with Crippen molar-refractivity contribution in [3.05, 3.63) is 11.8 Å². The maximum absolute atomic E-state index is 12.0. The highest BCUT2D eigenvalue weighted by atomic mass is 16.7. The number of aliphatic hydroxyl groups is 1. The standard InChI is InChI=1S/C18H31N3O7/c1-4-21-9-7-18(8-10-21,27-12-11-22)17(19)20-28-14(16(24)26-6-3)13-15(23)25-5-2/h13,22H,4-12H2,1-3H3,(H2,19,20)/b14-13-. The van der Waals surface area contributed by atoms with Crippen LogP contribution >= 0.6 is 0 Å². The Kier molecular flexibility index (Phi) is 10.5. The van der Waals surface area contributed by atoms with Gasteiger partial charge in [0.25, 0.3) is 0 Å². The molecule has 0 aliphatic carbocycles. The van der Waals surface area contributed by atoms with Gasteiger partial charge in [0.05, 0.1) is 32.5 Å². The maximum Gasteiger partial charge on any atom is 0.377 e. The van der Waals surface area contributed by atoms with Crippen molar-refractivity contribution in [1.29, 1.82) is 0 Å². The molecule has 0 atom stereocenters. The average Bonchev–Trinajstić information content (AvgIpc) is 2.70. The number of carbonyl (C=O) groups is 2. The minimum absolute atomic E-state index is 0.0239. The summed E-state index contributed by atoms with van der Waals surface area (Å²) in [7, 11) is 0. The van der Waals surface area contributed by atoms with E-state index in [1.165, 1.54) is 0 Å². The topological polar surface area (TPSA) is 133 Å². The molecule has 0 spiro atoms. The fourth-order valence-corrected chi connectivity index (χ4v) is 2.74. The molecule has 10 heteroatoms. The first-order valence-corrected chi connectivity index (χ1v) is 9.46. The van der Waals surface area contributed by atoms with E-state index in [0.29, 0.717) is 12.8 Å². The maximum atomic E-state index is 12.0. The van der Waals surface area contributed by atoms with Gasteiger partial charge in [0.2, 0.25) is 5.76 Å². The molecule has 1 aliphatic heterocycles. The van der Waals surface area contributed by atoms with Crippen molar-refractivity contribution in [2.75, 3.05) is 46.1 Å². The second-order valence-electron chi connectivity index (χ2n) is 6.05. The van der Waals surface area contributed by atoms with Crippen molar-refractivity contribution in [1.82, 2.24) is 4.90 Å². The first-order valence-electron chi connectivity index (χ1n) is 9.46. The molecule has 0 amide bonds. The third-order valence-electron chi connectivity index (χ3n) is 4.30. The van der Waals surface area contributed by atoms with Crippen LogP contribution < -0.4 is 5.73 Å². The highest BCUT2D eigenvalue weighted by molar-refractivity contribution is 5.95. The average molecular weight is 401 g/mol. The largest absolute Gasteiger partial charge is 0.463 e. The quantitative estimate of drug-likeness (QED) is 0.124. The van der Waals surface area contributed by atoms with Crippen LogP contribution in [0.15, 0.2) is 17.0 Å². The summed E-state index contributed by atoms with van der Waals surface area (Å²) in [6.07, 6.45) is 1.96. The zero-order chi connectivity index (χ0) is 21.0. The van der Waals surface area contributed by atoms with Gasteiger partial charge in [-0.25, -0.2) is 9.59 Å². The van der Waals surface area contributed by atoms with E-state index in [0.717, 1.165) is 25.7 Å². The number of likely N-dealkylation sites (tertiary alicyclic amines) is 1. The van der Waals surface area contributed by atoms with Gasteiger partial charge in [0, 0.05) is 13.1 Å². The fourth-order valence-electron chi connectivity index (χ4n) is 2.74. The molecule has 28 heavy (non-hydrogen) atoms. The molecule has 160 valence electrons. The fraction of sp³-hybridized carbons (Fsp3) is 0.722. The molecule has 0 aromatic rings. The summed E-state index contributed by atoms with van der Waals surface area (Å²) in [6, 6.07) is 0. The summed E-state index contributed by atoms with van der Waals surface area (Å²) in [5, 5.41) is 13.0. The molecule has 0 aromatic heterocycles. The Hall–Kier alpha value is -2.17. The van der Waals surface area contributed by atoms with Gasteiger partial charge >= 0.3 is 11.9 Å². The van der Waals surface area contributed by atoms with Crippen LogP contribution in [-0.2, 0) is 28.6 Å². The highest BCUT2D eigenvalue weighted by Crippen LogP contribution is 2.27. The van der Waals surface area contributed by atoms with Crippen LogP contribution in [0.4, 0.5) is 0 Å². The minimum atomic E-state index is -0.919. The summed E-state index contributed by atoms with van der Waals surface area (Å²) >= 11 is 0. The number of nitrogens with zero attached hydrogens (tertiary/aromatic N) is 2. The summed E-state index contributed by atoms with van der Waals surface area (Å²) in [6.45, 7) is 7.86. The molecule has 10 nitrogen and oxygen atoms in total. The lowest BCUT2D eigenvalue weighted by Crippen LogP contribution is -2.54. The summed E-state index contributed by atoms with van der Waals surface area (Å²) in [4.78, 5) is 31.0. The van der Waals surface area contributed by atoms with Crippen molar-refractivity contribution < 1.29 is 33.7 Å². The number of carbonyl (C=O) groups excluding carboxylic acids is 2. The van der Waals surface area contributed by atoms with E-state index >= 15 is 0 Å². The Morgan fingerprint density at radius 1 is 1.18 bits per heavy atom. The van der Waals surface area contributed by atoms with Crippen LogP contribution in [0.5, 0.6) is 0 Å². The zero-order valence-corrected chi connectivity index (χ0v) is 16.8. The number of aliphatic hydroxyl groups excluding tert-OH is 1. The summed E-state index contributed by atoms with van der Waals surface area (Å²) in [5.41, 5.74) is 5.21. The molecule has 0 saturated carbocycles. The predicted molar refractivity (Wildman–Crippen MR) is 101 cm³/mol. The molecule has 1 rings (SSSR count). The molecule has 1 fully saturated rings. The van der Waals surface area contributed by atoms with Crippen LogP contribution in [0.3, 0.4) is 0 Å². The number of nitrogens with two attached hydrogens (primary N) is 1. The number of hydrogen-bond acceptors (Lipinski definition) is 9. The number of piperidine rings is 1. The van der Waals surface area contributed by atoms with Gasteiger partial charge in [-0.05, 0) is 33.2 Å². The van der Waals surface area contributed by atoms with Crippen LogP contribution in [0.25, 0.3) is 0 Å². The van der Waals surface area contributed by atoms with Gasteiger partial charge in [-0.3, -0.25) is 0 Å². The number of amidine groups is 1. The normalized spacial score (nSPS) is 17.9. The van der Waals surface area contributed by atoms with Crippen LogP contribution in [-0.4, -0.2) is 79.4 Å². The van der Waals surface area contributed by atoms with Gasteiger partial charge in [0.15, 0.2) is 5.84 Å². The van der Waals surface area contributed by atoms with E-state index in [9.17, 15) is 9.59 Å². The van der Waals surface area contributed by atoms with Gasteiger partial charge < -0.3 is 34.8 Å². The molecule has 3 N–H and O–H groups in total. The van der Waals surface area contributed by atoms with Gasteiger partial charge in [-0.1, -0.05) is 12.1 Å². The lowest BCUT2D eigenvalue weighted by molar-refractivity contribution is -0.144. The third kappa shape index (κ3) is 7.10. The second kappa shape index (κ2) is 12.3. The zero-order valence-electron chi connectivity index (χ0n) is 16.8. The predicted octanol–water partition coefficient (Wildman–Crippen LogP) is 0.149. The summed E-state index contributed by atoms with van der Waals surface area (Å²) in [5.74, 6) is -2.04. The third-order valence-corrected chi connectivity index (χ3v) is 4.30. The van der Waals surface area contributed by atoms with E-state index in [2.05, 4.69) is 17.0 Å². The Bertz CT molecular complexity index is 570. The van der Waals surface area contributed by atoms with Crippen LogP contribution in [0.2, 0.25) is 0 Å². The Morgan fingerprint density at radius 3 is 2.36 bits per heavy atom. The number of oxime groups is 1. The number of esters is 2. The number of rotatable bonds is 11. The van der Waals surface area contributed by atoms with Crippen molar-refractivity contribution in [2.45, 2.75) is 39.2 Å². The molecule has 1 heterocycles. The molecular formula is C18H31N3O7. The van der Waals surface area contributed by atoms with E-state index in [4.69, 9.17) is 29.9 Å². The molecule has 0 radical (unpaired) electrons. The molecular weight excluding hydrogens is 370 g/mol. The molecule has 0 bridgehead atoms. The van der Waals surface area contributed by atoms with Gasteiger partial charge in [0.1, 0.15) is 5.60 Å². The number of ether oxygens (including phenoxy) is 3.